The highest BCUT2D eigenvalue weighted by molar-refractivity contribution is 5.50. The Kier molecular flexibility index (Phi) is 15.5. The van der Waals surface area contributed by atoms with Crippen LogP contribution < -0.4 is 0 Å². The van der Waals surface area contributed by atoms with Crippen LogP contribution in [0.1, 0.15) is 97.3 Å². The standard InChI is InChI=1S/C18H38N/c1-4-6-7-8-9-10-11-12-13-14-15-16-18-19(3)17-5-2/h17H,4-16,18H2,1-3H3/q+1. The summed E-state index contributed by atoms with van der Waals surface area (Å²) in [4.78, 5) is 0. The van der Waals surface area contributed by atoms with Gasteiger partial charge in [-0.3, -0.25) is 0 Å². The average molecular weight is 269 g/mol. The summed E-state index contributed by atoms with van der Waals surface area (Å²) >= 11 is 0. The summed E-state index contributed by atoms with van der Waals surface area (Å²) in [5.74, 6) is 0. The molecule has 0 unspecified atom stereocenters. The van der Waals surface area contributed by atoms with Crippen LogP contribution in [0.3, 0.4) is 0 Å². The summed E-state index contributed by atoms with van der Waals surface area (Å²) in [6, 6.07) is 0. The van der Waals surface area contributed by atoms with Crippen molar-refractivity contribution in [3.8, 4) is 0 Å². The van der Waals surface area contributed by atoms with Gasteiger partial charge in [0.15, 0.2) is 0 Å². The molecule has 0 aromatic carbocycles. The molecular weight excluding hydrogens is 230 g/mol. The highest BCUT2D eigenvalue weighted by Gasteiger charge is 1.96. The van der Waals surface area contributed by atoms with E-state index in [9.17, 15) is 0 Å². The summed E-state index contributed by atoms with van der Waals surface area (Å²) < 4.78 is 2.34. The van der Waals surface area contributed by atoms with Gasteiger partial charge in [-0.25, -0.2) is 4.58 Å². The minimum absolute atomic E-state index is 1.16. The fourth-order valence-electron chi connectivity index (χ4n) is 2.61. The lowest BCUT2D eigenvalue weighted by atomic mass is 10.1. The van der Waals surface area contributed by atoms with Crippen LogP contribution in [-0.4, -0.2) is 24.4 Å². The van der Waals surface area contributed by atoms with E-state index in [-0.39, 0.29) is 0 Å². The monoisotopic (exact) mass is 268 g/mol. The number of nitrogens with zero attached hydrogens (tertiary/aromatic N) is 1. The molecular formula is C18H38N+. The van der Waals surface area contributed by atoms with E-state index in [1.165, 1.54) is 83.6 Å². The fourth-order valence-corrected chi connectivity index (χ4v) is 2.61. The van der Waals surface area contributed by atoms with Crippen molar-refractivity contribution >= 4 is 6.21 Å². The Morgan fingerprint density at radius 3 is 1.47 bits per heavy atom. The van der Waals surface area contributed by atoms with Gasteiger partial charge in [0.1, 0.15) is 19.8 Å². The number of unbranched alkanes of at least 4 members (excludes halogenated alkanes) is 11. The molecule has 0 fully saturated rings. The highest BCUT2D eigenvalue weighted by atomic mass is 14.9. The second-order valence-corrected chi connectivity index (χ2v) is 5.96. The van der Waals surface area contributed by atoms with Crippen LogP contribution in [0.15, 0.2) is 0 Å². The molecule has 0 radical (unpaired) electrons. The molecule has 0 N–H and O–H groups in total. The van der Waals surface area contributed by atoms with Gasteiger partial charge in [-0.05, 0) is 6.42 Å². The molecule has 0 aliphatic heterocycles. The first-order chi connectivity index (χ1) is 9.31. The summed E-state index contributed by atoms with van der Waals surface area (Å²) in [6.45, 7) is 5.74. The van der Waals surface area contributed by atoms with E-state index in [2.05, 4.69) is 31.7 Å². The Morgan fingerprint density at radius 2 is 1.05 bits per heavy atom. The van der Waals surface area contributed by atoms with Crippen molar-refractivity contribution in [3.63, 3.8) is 0 Å². The summed E-state index contributed by atoms with van der Waals surface area (Å²) in [7, 11) is 2.20. The number of rotatable bonds is 14. The first-order valence-corrected chi connectivity index (χ1v) is 8.84. The Labute approximate surface area is 122 Å². The minimum atomic E-state index is 1.16. The van der Waals surface area contributed by atoms with Crippen LogP contribution in [0.25, 0.3) is 0 Å². The van der Waals surface area contributed by atoms with Gasteiger partial charge in [0, 0.05) is 12.8 Å². The van der Waals surface area contributed by atoms with Crippen molar-refractivity contribution in [2.75, 3.05) is 13.6 Å². The molecule has 19 heavy (non-hydrogen) atoms. The van der Waals surface area contributed by atoms with Crippen LogP contribution >= 0.6 is 0 Å². The average Bonchev–Trinajstić information content (AvgIpc) is 2.40. The van der Waals surface area contributed by atoms with Crippen molar-refractivity contribution < 1.29 is 4.58 Å². The molecule has 0 saturated carbocycles. The van der Waals surface area contributed by atoms with E-state index in [0.717, 1.165) is 6.42 Å². The third-order valence-electron chi connectivity index (χ3n) is 3.86. The first-order valence-electron chi connectivity index (χ1n) is 8.84. The Bertz CT molecular complexity index is 196. The Morgan fingerprint density at radius 1 is 0.632 bits per heavy atom. The van der Waals surface area contributed by atoms with E-state index >= 15 is 0 Å². The molecule has 0 amide bonds. The quantitative estimate of drug-likeness (QED) is 0.212. The molecule has 0 heterocycles. The topological polar surface area (TPSA) is 3.01 Å². The van der Waals surface area contributed by atoms with Gasteiger partial charge >= 0.3 is 0 Å². The number of hydrogen-bond acceptors (Lipinski definition) is 0. The summed E-state index contributed by atoms with van der Waals surface area (Å²) in [5, 5.41) is 0. The molecule has 1 nitrogen and oxygen atoms in total. The molecule has 1 heteroatoms. The Hall–Kier alpha value is -0.330. The van der Waals surface area contributed by atoms with Crippen molar-refractivity contribution in [2.45, 2.75) is 97.3 Å². The normalized spacial score (nSPS) is 12.1. The molecule has 114 valence electrons. The maximum absolute atomic E-state index is 2.34. The third kappa shape index (κ3) is 15.6. The molecule has 0 rings (SSSR count). The SMILES string of the molecule is CCC=[N+](C)CCCCCCCCCCCCCC. The first kappa shape index (κ1) is 18.7. The lowest BCUT2D eigenvalue weighted by molar-refractivity contribution is -0.494. The maximum Gasteiger partial charge on any atom is 0.142 e. The van der Waals surface area contributed by atoms with E-state index in [0.29, 0.717) is 0 Å². The van der Waals surface area contributed by atoms with Crippen LogP contribution in [0.4, 0.5) is 0 Å². The maximum atomic E-state index is 2.34. The zero-order chi connectivity index (χ0) is 14.2. The van der Waals surface area contributed by atoms with E-state index in [4.69, 9.17) is 0 Å². The van der Waals surface area contributed by atoms with Gasteiger partial charge in [0.2, 0.25) is 0 Å². The lowest BCUT2D eigenvalue weighted by Crippen LogP contribution is -2.08. The van der Waals surface area contributed by atoms with E-state index < -0.39 is 0 Å². The van der Waals surface area contributed by atoms with Gasteiger partial charge in [0.25, 0.3) is 0 Å². The largest absolute Gasteiger partial charge is 0.242 e. The molecule has 0 aliphatic carbocycles. The van der Waals surface area contributed by atoms with E-state index in [1.54, 1.807) is 0 Å². The molecule has 0 aliphatic rings. The van der Waals surface area contributed by atoms with Gasteiger partial charge in [-0.2, -0.15) is 0 Å². The molecule has 0 aromatic rings. The van der Waals surface area contributed by atoms with Gasteiger partial charge in [-0.15, -0.1) is 0 Å². The van der Waals surface area contributed by atoms with Crippen molar-refractivity contribution in [3.05, 3.63) is 0 Å². The van der Waals surface area contributed by atoms with Crippen molar-refractivity contribution in [2.24, 2.45) is 0 Å². The molecule has 0 spiro atoms. The van der Waals surface area contributed by atoms with Crippen LogP contribution in [0, 0.1) is 0 Å². The smallest absolute Gasteiger partial charge is 0.142 e. The molecule has 0 aromatic heterocycles. The second kappa shape index (κ2) is 15.7. The van der Waals surface area contributed by atoms with Gasteiger partial charge < -0.3 is 0 Å². The van der Waals surface area contributed by atoms with Crippen LogP contribution in [-0.2, 0) is 0 Å². The lowest BCUT2D eigenvalue weighted by Gasteiger charge is -2.02. The number of hydrogen-bond donors (Lipinski definition) is 0. The predicted octanol–water partition coefficient (Wildman–Crippen LogP) is 5.81. The van der Waals surface area contributed by atoms with E-state index in [1.807, 2.05) is 0 Å². The second-order valence-electron chi connectivity index (χ2n) is 5.96. The minimum Gasteiger partial charge on any atom is -0.242 e. The summed E-state index contributed by atoms with van der Waals surface area (Å²) in [6.07, 6.45) is 20.7. The Balaban J connectivity index is 3.05. The molecule has 0 atom stereocenters. The summed E-state index contributed by atoms with van der Waals surface area (Å²) in [5.41, 5.74) is 0. The van der Waals surface area contributed by atoms with Crippen LogP contribution in [0.2, 0.25) is 0 Å². The zero-order valence-electron chi connectivity index (χ0n) is 13.9. The molecule has 0 saturated heterocycles. The predicted molar refractivity (Wildman–Crippen MR) is 88.5 cm³/mol. The van der Waals surface area contributed by atoms with Crippen molar-refractivity contribution in [1.82, 2.24) is 0 Å². The molecule has 0 bridgehead atoms. The van der Waals surface area contributed by atoms with Gasteiger partial charge in [0.05, 0.1) is 0 Å². The van der Waals surface area contributed by atoms with Crippen molar-refractivity contribution in [1.29, 1.82) is 0 Å². The highest BCUT2D eigenvalue weighted by Crippen LogP contribution is 2.11. The zero-order valence-corrected chi connectivity index (χ0v) is 13.9. The fraction of sp³-hybridized carbons (Fsp3) is 0.944. The van der Waals surface area contributed by atoms with Crippen LogP contribution in [0.5, 0.6) is 0 Å². The third-order valence-corrected chi connectivity index (χ3v) is 3.86. The van der Waals surface area contributed by atoms with Gasteiger partial charge in [-0.1, -0.05) is 78.1 Å².